The van der Waals surface area contributed by atoms with Crippen molar-refractivity contribution in [2.75, 3.05) is 18.4 Å². The summed E-state index contributed by atoms with van der Waals surface area (Å²) in [5.74, 6) is -3.08. The van der Waals surface area contributed by atoms with E-state index < -0.39 is 23.4 Å². The molecule has 0 saturated carbocycles. The maximum Gasteiger partial charge on any atom is 0.256 e. The lowest BCUT2D eigenvalue weighted by molar-refractivity contribution is 0.0927. The minimum Gasteiger partial charge on any atom is -0.352 e. The lowest BCUT2D eigenvalue weighted by Gasteiger charge is -2.24. The Bertz CT molecular complexity index is 820. The van der Waals surface area contributed by atoms with E-state index in [2.05, 4.69) is 16.0 Å². The molecule has 1 aliphatic rings. The van der Waals surface area contributed by atoms with E-state index in [1.165, 1.54) is 12.1 Å². The highest BCUT2D eigenvalue weighted by atomic mass is 19.1. The van der Waals surface area contributed by atoms with Gasteiger partial charge in [0.05, 0.1) is 16.9 Å². The number of carbonyl (C=O) groups is 1. The van der Waals surface area contributed by atoms with Crippen LogP contribution >= 0.6 is 0 Å². The second-order valence-electron chi connectivity index (χ2n) is 6.44. The predicted molar refractivity (Wildman–Crippen MR) is 94.1 cm³/mol. The van der Waals surface area contributed by atoms with Crippen LogP contribution in [0.4, 0.5) is 24.5 Å². The molecule has 138 valence electrons. The van der Waals surface area contributed by atoms with Gasteiger partial charge in [0, 0.05) is 18.7 Å². The molecule has 0 radical (unpaired) electrons. The van der Waals surface area contributed by atoms with Gasteiger partial charge in [-0.2, -0.15) is 0 Å². The summed E-state index contributed by atoms with van der Waals surface area (Å²) >= 11 is 0. The molecular formula is C19H20F3N3O. The van der Waals surface area contributed by atoms with Gasteiger partial charge in [0.2, 0.25) is 0 Å². The molecule has 0 bridgehead atoms. The van der Waals surface area contributed by atoms with E-state index in [0.717, 1.165) is 25.5 Å². The molecule has 0 aliphatic carbocycles. The number of anilines is 2. The summed E-state index contributed by atoms with van der Waals surface area (Å²) in [4.78, 5) is 12.6. The summed E-state index contributed by atoms with van der Waals surface area (Å²) in [6.45, 7) is 3.19. The molecule has 0 spiro atoms. The van der Waals surface area contributed by atoms with E-state index in [1.807, 2.05) is 0 Å². The van der Waals surface area contributed by atoms with Gasteiger partial charge >= 0.3 is 0 Å². The standard InChI is InChI=1S/C19H20F3N3O/c1-11-4-5-16(14(21)7-11)25-17-9-12(20)8-15(22)18(17)19(26)24-13-3-2-6-23-10-13/h4-5,7-9,13,23,25H,2-3,6,10H2,1H3,(H,24,26). The second-order valence-corrected chi connectivity index (χ2v) is 6.44. The van der Waals surface area contributed by atoms with Gasteiger partial charge in [0.25, 0.3) is 5.91 Å². The molecule has 1 unspecified atom stereocenters. The van der Waals surface area contributed by atoms with Crippen molar-refractivity contribution in [1.29, 1.82) is 0 Å². The molecule has 1 saturated heterocycles. The van der Waals surface area contributed by atoms with Gasteiger partial charge < -0.3 is 16.0 Å². The third-order valence-electron chi connectivity index (χ3n) is 4.31. The van der Waals surface area contributed by atoms with Crippen molar-refractivity contribution in [1.82, 2.24) is 10.6 Å². The first-order valence-electron chi connectivity index (χ1n) is 8.48. The first-order valence-corrected chi connectivity index (χ1v) is 8.48. The van der Waals surface area contributed by atoms with Crippen LogP contribution in [0.1, 0.15) is 28.8 Å². The minimum atomic E-state index is -0.999. The van der Waals surface area contributed by atoms with Crippen molar-refractivity contribution >= 4 is 17.3 Å². The van der Waals surface area contributed by atoms with E-state index >= 15 is 0 Å². The smallest absolute Gasteiger partial charge is 0.256 e. The number of rotatable bonds is 4. The Hall–Kier alpha value is -2.54. The number of hydrogen-bond donors (Lipinski definition) is 3. The molecule has 0 aromatic heterocycles. The summed E-state index contributed by atoms with van der Waals surface area (Å²) in [7, 11) is 0. The van der Waals surface area contributed by atoms with Crippen LogP contribution in [-0.2, 0) is 0 Å². The monoisotopic (exact) mass is 363 g/mol. The fourth-order valence-corrected chi connectivity index (χ4v) is 3.00. The Morgan fingerprint density at radius 3 is 2.62 bits per heavy atom. The fraction of sp³-hybridized carbons (Fsp3) is 0.316. The van der Waals surface area contributed by atoms with Crippen LogP contribution in [0.2, 0.25) is 0 Å². The largest absolute Gasteiger partial charge is 0.352 e. The van der Waals surface area contributed by atoms with Crippen molar-refractivity contribution in [3.05, 3.63) is 58.9 Å². The van der Waals surface area contributed by atoms with Crippen LogP contribution in [0.5, 0.6) is 0 Å². The Morgan fingerprint density at radius 1 is 1.12 bits per heavy atom. The zero-order chi connectivity index (χ0) is 18.7. The van der Waals surface area contributed by atoms with Crippen LogP contribution < -0.4 is 16.0 Å². The molecule has 7 heteroatoms. The maximum absolute atomic E-state index is 14.3. The van der Waals surface area contributed by atoms with Gasteiger partial charge in [-0.3, -0.25) is 4.79 Å². The zero-order valence-corrected chi connectivity index (χ0v) is 14.3. The first kappa shape index (κ1) is 18.3. The Labute approximate surface area is 149 Å². The Morgan fingerprint density at radius 2 is 1.92 bits per heavy atom. The van der Waals surface area contributed by atoms with Crippen molar-refractivity contribution in [3.63, 3.8) is 0 Å². The van der Waals surface area contributed by atoms with Crippen molar-refractivity contribution in [2.45, 2.75) is 25.8 Å². The molecule has 2 aromatic rings. The van der Waals surface area contributed by atoms with Gasteiger partial charge in [0.1, 0.15) is 17.5 Å². The fourth-order valence-electron chi connectivity index (χ4n) is 3.00. The molecule has 1 atom stereocenters. The number of aryl methyl sites for hydroxylation is 1. The lowest BCUT2D eigenvalue weighted by Crippen LogP contribution is -2.45. The topological polar surface area (TPSA) is 53.2 Å². The molecule has 1 fully saturated rings. The molecule has 1 aliphatic heterocycles. The van der Waals surface area contributed by atoms with E-state index in [4.69, 9.17) is 0 Å². The summed E-state index contributed by atoms with van der Waals surface area (Å²) in [6.07, 6.45) is 1.67. The number of amides is 1. The molecule has 3 N–H and O–H groups in total. The predicted octanol–water partition coefficient (Wildman–Crippen LogP) is 3.64. The van der Waals surface area contributed by atoms with E-state index in [9.17, 15) is 18.0 Å². The SMILES string of the molecule is Cc1ccc(Nc2cc(F)cc(F)c2C(=O)NC2CCCNC2)c(F)c1. The van der Waals surface area contributed by atoms with E-state index in [1.54, 1.807) is 13.0 Å². The second kappa shape index (κ2) is 7.78. The van der Waals surface area contributed by atoms with Crippen LogP contribution in [0.15, 0.2) is 30.3 Å². The molecule has 1 amide bonds. The van der Waals surface area contributed by atoms with E-state index in [0.29, 0.717) is 18.2 Å². The van der Waals surface area contributed by atoms with E-state index in [-0.39, 0.29) is 23.0 Å². The highest BCUT2D eigenvalue weighted by Gasteiger charge is 2.23. The maximum atomic E-state index is 14.3. The van der Waals surface area contributed by atoms with Crippen LogP contribution in [-0.4, -0.2) is 25.0 Å². The summed E-state index contributed by atoms with van der Waals surface area (Å²) in [5, 5.41) is 8.53. The third-order valence-corrected chi connectivity index (χ3v) is 4.31. The number of halogens is 3. The number of carbonyl (C=O) groups excluding carboxylic acids is 1. The van der Waals surface area contributed by atoms with Crippen molar-refractivity contribution in [2.24, 2.45) is 0 Å². The minimum absolute atomic E-state index is 0.0361. The number of hydrogen-bond acceptors (Lipinski definition) is 3. The normalized spacial score (nSPS) is 17.0. The zero-order valence-electron chi connectivity index (χ0n) is 14.3. The number of benzene rings is 2. The van der Waals surface area contributed by atoms with Crippen molar-refractivity contribution in [3.8, 4) is 0 Å². The van der Waals surface area contributed by atoms with Gasteiger partial charge in [-0.05, 0) is 50.1 Å². The van der Waals surface area contributed by atoms with Gasteiger partial charge in [-0.25, -0.2) is 13.2 Å². The highest BCUT2D eigenvalue weighted by molar-refractivity contribution is 6.00. The van der Waals surface area contributed by atoms with Crippen LogP contribution in [0.25, 0.3) is 0 Å². The molecular weight excluding hydrogens is 343 g/mol. The highest BCUT2D eigenvalue weighted by Crippen LogP contribution is 2.27. The molecule has 1 heterocycles. The Kier molecular flexibility index (Phi) is 5.46. The molecule has 3 rings (SSSR count). The summed E-state index contributed by atoms with van der Waals surface area (Å²) in [6, 6.07) is 5.91. The molecule has 4 nitrogen and oxygen atoms in total. The van der Waals surface area contributed by atoms with Gasteiger partial charge in [0.15, 0.2) is 0 Å². The van der Waals surface area contributed by atoms with Crippen LogP contribution in [0, 0.1) is 24.4 Å². The lowest BCUT2D eigenvalue weighted by atomic mass is 10.1. The summed E-state index contributed by atoms with van der Waals surface area (Å²) < 4.78 is 42.1. The molecule has 26 heavy (non-hydrogen) atoms. The number of piperidine rings is 1. The van der Waals surface area contributed by atoms with Crippen LogP contribution in [0.3, 0.4) is 0 Å². The van der Waals surface area contributed by atoms with Gasteiger partial charge in [-0.15, -0.1) is 0 Å². The number of nitrogens with one attached hydrogen (secondary N) is 3. The molecule has 2 aromatic carbocycles. The quantitative estimate of drug-likeness (QED) is 0.777. The summed E-state index contributed by atoms with van der Waals surface area (Å²) in [5.41, 5.74) is 0.290. The average Bonchev–Trinajstić information content (AvgIpc) is 2.57. The first-order chi connectivity index (χ1) is 12.4. The van der Waals surface area contributed by atoms with Crippen molar-refractivity contribution < 1.29 is 18.0 Å². The average molecular weight is 363 g/mol. The van der Waals surface area contributed by atoms with Gasteiger partial charge in [-0.1, -0.05) is 6.07 Å². The Balaban J connectivity index is 1.90. The third kappa shape index (κ3) is 4.16.